The summed E-state index contributed by atoms with van der Waals surface area (Å²) in [7, 11) is 0. The lowest BCUT2D eigenvalue weighted by atomic mass is 10.3. The zero-order valence-corrected chi connectivity index (χ0v) is 9.44. The summed E-state index contributed by atoms with van der Waals surface area (Å²) in [5, 5.41) is 11.5. The molecule has 0 aliphatic heterocycles. The van der Waals surface area contributed by atoms with Crippen molar-refractivity contribution in [2.45, 2.75) is 0 Å². The average molecular weight is 232 g/mol. The molecule has 3 rings (SSSR count). The topological polar surface area (TPSA) is 28.7 Å². The molecule has 3 aromatic rings. The summed E-state index contributed by atoms with van der Waals surface area (Å²) >= 11 is 3.43. The highest BCUT2D eigenvalue weighted by atomic mass is 32.1. The molecule has 0 aliphatic rings. The molecule has 0 saturated heterocycles. The molecule has 0 spiro atoms. The zero-order chi connectivity index (χ0) is 10.1. The maximum absolute atomic E-state index is 4.31. The predicted molar refractivity (Wildman–Crippen MR) is 65.2 cm³/mol. The van der Waals surface area contributed by atoms with Gasteiger partial charge >= 0.3 is 0 Å². The van der Waals surface area contributed by atoms with E-state index in [2.05, 4.69) is 39.2 Å². The van der Waals surface area contributed by atoms with Crippen LogP contribution in [0.1, 0.15) is 0 Å². The molecule has 0 aromatic carbocycles. The summed E-state index contributed by atoms with van der Waals surface area (Å²) in [6, 6.07) is 10.4. The molecule has 3 heterocycles. The summed E-state index contributed by atoms with van der Waals surface area (Å²) in [6.45, 7) is 0. The lowest BCUT2D eigenvalue weighted by molar-refractivity contribution is 1.11. The van der Waals surface area contributed by atoms with Gasteiger partial charge in [0, 0.05) is 0 Å². The molecule has 0 radical (unpaired) electrons. The van der Waals surface area contributed by atoms with Gasteiger partial charge in [0.15, 0.2) is 0 Å². The molecule has 0 amide bonds. The van der Waals surface area contributed by atoms with E-state index in [1.807, 2.05) is 12.1 Å². The number of aromatic nitrogens is 2. The van der Waals surface area contributed by atoms with E-state index in [9.17, 15) is 0 Å². The lowest BCUT2D eigenvalue weighted by Crippen LogP contribution is -1.71. The van der Waals surface area contributed by atoms with E-state index in [0.717, 1.165) is 11.4 Å². The third-order valence-electron chi connectivity index (χ3n) is 2.14. The zero-order valence-electron chi connectivity index (χ0n) is 7.81. The minimum absolute atomic E-state index is 1.02. The summed E-state index contributed by atoms with van der Waals surface area (Å²) < 4.78 is 0. The van der Waals surface area contributed by atoms with Crippen LogP contribution in [0.2, 0.25) is 0 Å². The van der Waals surface area contributed by atoms with Crippen LogP contribution in [0.15, 0.2) is 41.1 Å². The lowest BCUT2D eigenvalue weighted by Gasteiger charge is -1.86. The molecular formula is C11H8N2S2. The molecular weight excluding hydrogens is 224 g/mol. The third-order valence-corrected chi connectivity index (χ3v) is 3.93. The van der Waals surface area contributed by atoms with E-state index in [1.165, 1.54) is 9.75 Å². The van der Waals surface area contributed by atoms with Gasteiger partial charge in [-0.1, -0.05) is 12.1 Å². The van der Waals surface area contributed by atoms with Crippen molar-refractivity contribution < 1.29 is 0 Å². The van der Waals surface area contributed by atoms with Gasteiger partial charge in [0.1, 0.15) is 5.69 Å². The van der Waals surface area contributed by atoms with Crippen LogP contribution in [0.4, 0.5) is 0 Å². The molecule has 0 saturated carbocycles. The highest BCUT2D eigenvalue weighted by Crippen LogP contribution is 2.28. The molecule has 0 unspecified atom stereocenters. The van der Waals surface area contributed by atoms with Crippen molar-refractivity contribution in [1.82, 2.24) is 10.2 Å². The smallest absolute Gasteiger partial charge is 0.103 e. The van der Waals surface area contributed by atoms with E-state index < -0.39 is 0 Å². The molecule has 0 atom stereocenters. The van der Waals surface area contributed by atoms with Crippen LogP contribution in [0, 0.1) is 0 Å². The van der Waals surface area contributed by atoms with Crippen LogP contribution in [-0.2, 0) is 0 Å². The fourth-order valence-corrected chi connectivity index (χ4v) is 2.81. The first-order chi connectivity index (χ1) is 7.43. The van der Waals surface area contributed by atoms with Gasteiger partial charge in [0.25, 0.3) is 0 Å². The number of thiophene rings is 2. The van der Waals surface area contributed by atoms with E-state index in [0.29, 0.717) is 0 Å². The summed E-state index contributed by atoms with van der Waals surface area (Å²) in [6.07, 6.45) is 0. The standard InChI is InChI=1S/C11H8N2S2/c1-3-10(14-5-1)8-7-9(13-12-8)11-4-2-6-15-11/h1-7H,(H,12,13). The van der Waals surface area contributed by atoms with Crippen LogP contribution in [-0.4, -0.2) is 10.2 Å². The van der Waals surface area contributed by atoms with Crippen LogP contribution in [0.25, 0.3) is 21.1 Å². The Morgan fingerprint density at radius 2 is 1.73 bits per heavy atom. The van der Waals surface area contributed by atoms with Crippen LogP contribution in [0.5, 0.6) is 0 Å². The number of rotatable bonds is 2. The Hall–Kier alpha value is -1.39. The van der Waals surface area contributed by atoms with Gasteiger partial charge in [0.2, 0.25) is 0 Å². The van der Waals surface area contributed by atoms with Crippen molar-refractivity contribution in [2.75, 3.05) is 0 Å². The van der Waals surface area contributed by atoms with E-state index >= 15 is 0 Å². The fraction of sp³-hybridized carbons (Fsp3) is 0. The normalized spacial score (nSPS) is 10.7. The fourth-order valence-electron chi connectivity index (χ4n) is 1.43. The largest absolute Gasteiger partial charge is 0.276 e. The SMILES string of the molecule is c1csc(-c2cc(-c3cccs3)[nH]n2)c1. The number of nitrogens with one attached hydrogen (secondary N) is 1. The number of H-pyrrole nitrogens is 1. The second-order valence-corrected chi connectivity index (χ2v) is 5.02. The maximum Gasteiger partial charge on any atom is 0.103 e. The number of hydrogen-bond acceptors (Lipinski definition) is 3. The number of nitrogens with zero attached hydrogens (tertiary/aromatic N) is 1. The van der Waals surface area contributed by atoms with Crippen molar-refractivity contribution in [3.8, 4) is 21.1 Å². The van der Waals surface area contributed by atoms with Gasteiger partial charge in [-0.3, -0.25) is 5.10 Å². The number of hydrogen-bond donors (Lipinski definition) is 1. The summed E-state index contributed by atoms with van der Waals surface area (Å²) in [5.41, 5.74) is 2.11. The molecule has 0 fully saturated rings. The first kappa shape index (κ1) is 8.88. The van der Waals surface area contributed by atoms with E-state index in [1.54, 1.807) is 22.7 Å². The quantitative estimate of drug-likeness (QED) is 0.714. The van der Waals surface area contributed by atoms with Crippen LogP contribution >= 0.6 is 22.7 Å². The molecule has 2 nitrogen and oxygen atoms in total. The van der Waals surface area contributed by atoms with Crippen molar-refractivity contribution in [3.05, 3.63) is 41.1 Å². The Bertz CT molecular complexity index is 486. The average Bonchev–Trinajstić information content (AvgIpc) is 3.02. The number of aromatic amines is 1. The van der Waals surface area contributed by atoms with Crippen LogP contribution in [0.3, 0.4) is 0 Å². The van der Waals surface area contributed by atoms with E-state index in [4.69, 9.17) is 0 Å². The molecule has 4 heteroatoms. The summed E-state index contributed by atoms with van der Waals surface area (Å²) in [5.74, 6) is 0. The van der Waals surface area contributed by atoms with Crippen molar-refractivity contribution in [3.63, 3.8) is 0 Å². The first-order valence-electron chi connectivity index (χ1n) is 4.56. The van der Waals surface area contributed by atoms with Gasteiger partial charge in [0.05, 0.1) is 15.4 Å². The highest BCUT2D eigenvalue weighted by molar-refractivity contribution is 7.14. The van der Waals surface area contributed by atoms with E-state index in [-0.39, 0.29) is 0 Å². The minimum Gasteiger partial charge on any atom is -0.276 e. The monoisotopic (exact) mass is 232 g/mol. The molecule has 74 valence electrons. The molecule has 0 aliphatic carbocycles. The molecule has 3 aromatic heterocycles. The first-order valence-corrected chi connectivity index (χ1v) is 6.32. The molecule has 0 bridgehead atoms. The third kappa shape index (κ3) is 1.62. The predicted octanol–water partition coefficient (Wildman–Crippen LogP) is 3.87. The Morgan fingerprint density at radius 3 is 2.40 bits per heavy atom. The molecule has 1 N–H and O–H groups in total. The van der Waals surface area contributed by atoms with Gasteiger partial charge < -0.3 is 0 Å². The Morgan fingerprint density at radius 1 is 1.00 bits per heavy atom. The Balaban J connectivity index is 2.02. The van der Waals surface area contributed by atoms with Gasteiger partial charge in [-0.25, -0.2) is 0 Å². The van der Waals surface area contributed by atoms with Gasteiger partial charge in [-0.15, -0.1) is 22.7 Å². The second kappa shape index (κ2) is 3.64. The molecule has 15 heavy (non-hydrogen) atoms. The second-order valence-electron chi connectivity index (χ2n) is 3.12. The van der Waals surface area contributed by atoms with Gasteiger partial charge in [-0.05, 0) is 29.0 Å². The minimum atomic E-state index is 1.02. The highest BCUT2D eigenvalue weighted by Gasteiger charge is 2.06. The van der Waals surface area contributed by atoms with Gasteiger partial charge in [-0.2, -0.15) is 5.10 Å². The summed E-state index contributed by atoms with van der Waals surface area (Å²) in [4.78, 5) is 2.43. The van der Waals surface area contributed by atoms with Crippen molar-refractivity contribution in [1.29, 1.82) is 0 Å². The Kier molecular flexibility index (Phi) is 2.16. The Labute approximate surface area is 95.2 Å². The van der Waals surface area contributed by atoms with Crippen molar-refractivity contribution >= 4 is 22.7 Å². The van der Waals surface area contributed by atoms with Crippen molar-refractivity contribution in [2.24, 2.45) is 0 Å². The maximum atomic E-state index is 4.31. The van der Waals surface area contributed by atoms with Crippen LogP contribution < -0.4 is 0 Å².